The predicted molar refractivity (Wildman–Crippen MR) is 97.8 cm³/mol. The Bertz CT molecular complexity index is 840. The van der Waals surface area contributed by atoms with Gasteiger partial charge in [0.25, 0.3) is 0 Å². The molecule has 0 bridgehead atoms. The Morgan fingerprint density at radius 1 is 1.28 bits per heavy atom. The molecule has 7 heteroatoms. The van der Waals surface area contributed by atoms with Crippen LogP contribution in [0.1, 0.15) is 35.8 Å². The van der Waals surface area contributed by atoms with Crippen LogP contribution in [0.4, 0.5) is 10.8 Å². The van der Waals surface area contributed by atoms with Crippen molar-refractivity contribution in [2.24, 2.45) is 0 Å². The predicted octanol–water partition coefficient (Wildman–Crippen LogP) is 3.12. The van der Waals surface area contributed by atoms with Gasteiger partial charge in [0.15, 0.2) is 10.9 Å². The van der Waals surface area contributed by atoms with E-state index in [-0.39, 0.29) is 17.6 Å². The summed E-state index contributed by atoms with van der Waals surface area (Å²) in [6.45, 7) is 2.19. The van der Waals surface area contributed by atoms with Crippen molar-refractivity contribution in [2.75, 3.05) is 16.8 Å². The summed E-state index contributed by atoms with van der Waals surface area (Å²) in [4.78, 5) is 40.6. The van der Waals surface area contributed by atoms with Crippen molar-refractivity contribution in [3.63, 3.8) is 0 Å². The summed E-state index contributed by atoms with van der Waals surface area (Å²) in [7, 11) is 0. The summed E-state index contributed by atoms with van der Waals surface area (Å²) in [5.74, 6) is -0.303. The highest BCUT2D eigenvalue weighted by Crippen LogP contribution is 2.22. The summed E-state index contributed by atoms with van der Waals surface area (Å²) in [5, 5.41) is 4.63. The van der Waals surface area contributed by atoms with Gasteiger partial charge >= 0.3 is 0 Å². The fourth-order valence-corrected chi connectivity index (χ4v) is 3.25. The summed E-state index contributed by atoms with van der Waals surface area (Å²) in [6, 6.07) is 7.48. The molecule has 0 aliphatic carbocycles. The monoisotopic (exact) mass is 355 g/mol. The average molecular weight is 355 g/mol. The van der Waals surface area contributed by atoms with E-state index in [0.29, 0.717) is 17.2 Å². The molecule has 0 atom stereocenters. The van der Waals surface area contributed by atoms with Crippen LogP contribution in [0, 0.1) is 0 Å². The number of benzene rings is 1. The topological polar surface area (TPSA) is 79.4 Å². The van der Waals surface area contributed by atoms with Crippen molar-refractivity contribution in [1.82, 2.24) is 4.98 Å². The minimum atomic E-state index is -0.316. The van der Waals surface area contributed by atoms with Gasteiger partial charge in [0.2, 0.25) is 11.8 Å². The van der Waals surface area contributed by atoms with Gasteiger partial charge in [-0.25, -0.2) is 4.98 Å². The van der Waals surface area contributed by atoms with Gasteiger partial charge in [0, 0.05) is 37.0 Å². The second-order valence-corrected chi connectivity index (χ2v) is 6.52. The average Bonchev–Trinajstić information content (AvgIpc) is 3.22. The highest BCUT2D eigenvalue weighted by molar-refractivity contribution is 7.14. The smallest absolute Gasteiger partial charge is 0.250 e. The number of hydrogen-bond donors (Lipinski definition) is 1. The molecule has 1 aliphatic heterocycles. The molecule has 25 heavy (non-hydrogen) atoms. The number of aromatic nitrogens is 1. The number of hydrogen-bond acceptors (Lipinski definition) is 5. The van der Waals surface area contributed by atoms with E-state index in [1.165, 1.54) is 24.3 Å². The largest absolute Gasteiger partial charge is 0.312 e. The van der Waals surface area contributed by atoms with Gasteiger partial charge in [-0.3, -0.25) is 19.7 Å². The van der Waals surface area contributed by atoms with Crippen LogP contribution < -0.4 is 10.2 Å². The Morgan fingerprint density at radius 3 is 2.64 bits per heavy atom. The number of carbonyl (C=O) groups is 3. The van der Waals surface area contributed by atoms with Crippen molar-refractivity contribution in [3.05, 3.63) is 47.0 Å². The van der Waals surface area contributed by atoms with E-state index < -0.39 is 0 Å². The molecule has 1 N–H and O–H groups in total. The molecule has 1 aromatic heterocycles. The van der Waals surface area contributed by atoms with Crippen molar-refractivity contribution in [1.29, 1.82) is 0 Å². The van der Waals surface area contributed by atoms with Crippen LogP contribution in [0.3, 0.4) is 0 Å². The van der Waals surface area contributed by atoms with Crippen molar-refractivity contribution in [2.45, 2.75) is 19.8 Å². The number of amides is 2. The second-order valence-electron chi connectivity index (χ2n) is 5.66. The number of thiazole rings is 1. The van der Waals surface area contributed by atoms with E-state index in [4.69, 9.17) is 0 Å². The Labute approximate surface area is 149 Å². The van der Waals surface area contributed by atoms with Gasteiger partial charge in [-0.05, 0) is 30.2 Å². The lowest BCUT2D eigenvalue weighted by atomic mass is 10.2. The zero-order chi connectivity index (χ0) is 17.8. The summed E-state index contributed by atoms with van der Waals surface area (Å²) >= 11 is 1.21. The Hall–Kier alpha value is -2.80. The second kappa shape index (κ2) is 7.40. The van der Waals surface area contributed by atoms with Gasteiger partial charge in [0.1, 0.15) is 5.69 Å². The first-order valence-corrected chi connectivity index (χ1v) is 8.77. The van der Waals surface area contributed by atoms with E-state index in [1.54, 1.807) is 16.4 Å². The number of anilines is 2. The molecule has 1 fully saturated rings. The van der Waals surface area contributed by atoms with Crippen LogP contribution in [-0.2, 0) is 9.59 Å². The zero-order valence-corrected chi connectivity index (χ0v) is 14.5. The summed E-state index contributed by atoms with van der Waals surface area (Å²) < 4.78 is 0. The molecular formula is C18H17N3O3S. The maximum atomic E-state index is 11.9. The Morgan fingerprint density at radius 2 is 2.04 bits per heavy atom. The molecule has 2 amide bonds. The number of carbonyl (C=O) groups excluding carboxylic acids is 3. The van der Waals surface area contributed by atoms with Crippen LogP contribution in [0.2, 0.25) is 0 Å². The first-order valence-electron chi connectivity index (χ1n) is 7.89. The first-order chi connectivity index (χ1) is 12.0. The normalized spacial score (nSPS) is 14.3. The number of rotatable bonds is 5. The zero-order valence-electron chi connectivity index (χ0n) is 13.7. The van der Waals surface area contributed by atoms with Gasteiger partial charge < -0.3 is 4.90 Å². The molecule has 2 aromatic rings. The molecule has 0 unspecified atom stereocenters. The third kappa shape index (κ3) is 4.19. The van der Waals surface area contributed by atoms with E-state index in [9.17, 15) is 14.4 Å². The fourth-order valence-electron chi connectivity index (χ4n) is 2.50. The van der Waals surface area contributed by atoms with Crippen molar-refractivity contribution in [3.8, 4) is 0 Å². The molecule has 2 heterocycles. The molecule has 128 valence electrons. The van der Waals surface area contributed by atoms with Crippen LogP contribution >= 0.6 is 11.3 Å². The Balaban J connectivity index is 1.60. The van der Waals surface area contributed by atoms with Gasteiger partial charge in [-0.1, -0.05) is 12.1 Å². The molecular weight excluding hydrogens is 338 g/mol. The van der Waals surface area contributed by atoms with E-state index >= 15 is 0 Å². The van der Waals surface area contributed by atoms with E-state index in [1.807, 2.05) is 24.3 Å². The van der Waals surface area contributed by atoms with Gasteiger partial charge in [-0.2, -0.15) is 0 Å². The number of nitrogens with one attached hydrogen (secondary N) is 1. The molecule has 1 aromatic carbocycles. The molecule has 1 aliphatic rings. The number of nitrogens with zero attached hydrogens (tertiary/aromatic N) is 2. The van der Waals surface area contributed by atoms with E-state index in [0.717, 1.165) is 24.2 Å². The third-order valence-electron chi connectivity index (χ3n) is 3.80. The lowest BCUT2D eigenvalue weighted by Crippen LogP contribution is -2.23. The van der Waals surface area contributed by atoms with E-state index in [2.05, 4.69) is 10.3 Å². The van der Waals surface area contributed by atoms with Crippen molar-refractivity contribution < 1.29 is 14.4 Å². The maximum absolute atomic E-state index is 11.9. The highest BCUT2D eigenvalue weighted by Gasteiger charge is 2.21. The standard InChI is InChI=1S/C18H17N3O3S/c1-12(22)15-11-25-18(19-15)20-16(23)9-6-13-4-7-14(8-5-13)21-10-2-3-17(21)24/h4-9,11H,2-3,10H2,1H3,(H,19,20,23)/b9-6+. The Kier molecular flexibility index (Phi) is 5.04. The summed E-state index contributed by atoms with van der Waals surface area (Å²) in [6.07, 6.45) is 4.59. The van der Waals surface area contributed by atoms with Gasteiger partial charge in [0.05, 0.1) is 0 Å². The molecule has 0 radical (unpaired) electrons. The SMILES string of the molecule is CC(=O)c1csc(NC(=O)/C=C/c2ccc(N3CCCC3=O)cc2)n1. The quantitative estimate of drug-likeness (QED) is 0.660. The maximum Gasteiger partial charge on any atom is 0.250 e. The molecule has 6 nitrogen and oxygen atoms in total. The highest BCUT2D eigenvalue weighted by atomic mass is 32.1. The van der Waals surface area contributed by atoms with Crippen LogP contribution in [-0.4, -0.2) is 29.1 Å². The number of ketones is 1. The van der Waals surface area contributed by atoms with Crippen molar-refractivity contribution >= 4 is 45.8 Å². The number of Topliss-reactive ketones (excluding diaryl/α,β-unsaturated/α-hetero) is 1. The molecule has 0 saturated carbocycles. The summed E-state index contributed by atoms with van der Waals surface area (Å²) in [5.41, 5.74) is 2.08. The van der Waals surface area contributed by atoms with Crippen LogP contribution in [0.25, 0.3) is 6.08 Å². The lowest BCUT2D eigenvalue weighted by Gasteiger charge is -2.15. The first kappa shape index (κ1) is 17.0. The molecule has 0 spiro atoms. The van der Waals surface area contributed by atoms with Crippen LogP contribution in [0.15, 0.2) is 35.7 Å². The molecule has 1 saturated heterocycles. The van der Waals surface area contributed by atoms with Gasteiger partial charge in [-0.15, -0.1) is 11.3 Å². The minimum absolute atomic E-state index is 0.135. The fraction of sp³-hybridized carbons (Fsp3) is 0.222. The van der Waals surface area contributed by atoms with Crippen LogP contribution in [0.5, 0.6) is 0 Å². The minimum Gasteiger partial charge on any atom is -0.312 e. The third-order valence-corrected chi connectivity index (χ3v) is 4.56. The lowest BCUT2D eigenvalue weighted by molar-refractivity contribution is -0.117. The molecule has 3 rings (SSSR count).